The van der Waals surface area contributed by atoms with Gasteiger partial charge in [-0.2, -0.15) is 11.8 Å². The molecule has 0 aromatic carbocycles. The summed E-state index contributed by atoms with van der Waals surface area (Å²) in [5.41, 5.74) is 9.25. The molecule has 2 aromatic heterocycles. The van der Waals surface area contributed by atoms with E-state index in [4.69, 9.17) is 5.73 Å². The summed E-state index contributed by atoms with van der Waals surface area (Å²) >= 11 is 1.92. The van der Waals surface area contributed by atoms with Crippen LogP contribution in [0, 0.1) is 6.92 Å². The Morgan fingerprint density at radius 3 is 3.06 bits per heavy atom. The molecule has 2 rings (SSSR count). The highest BCUT2D eigenvalue weighted by atomic mass is 32.2. The maximum atomic E-state index is 6.06. The molecule has 2 heterocycles. The number of anilines is 1. The molecule has 4 heteroatoms. The van der Waals surface area contributed by atoms with Crippen LogP contribution in [0.3, 0.4) is 0 Å². The summed E-state index contributed by atoms with van der Waals surface area (Å²) in [7, 11) is 0. The van der Waals surface area contributed by atoms with Crippen molar-refractivity contribution in [2.75, 3.05) is 17.2 Å². The smallest absolute Gasteiger partial charge is 0.138 e. The molecule has 0 aliphatic heterocycles. The average Bonchev–Trinajstić information content (AvgIpc) is 2.56. The van der Waals surface area contributed by atoms with E-state index in [1.807, 2.05) is 22.4 Å². The highest BCUT2D eigenvalue weighted by Gasteiger charge is 2.08. The molecule has 0 radical (unpaired) electrons. The minimum absolute atomic E-state index is 0.784. The zero-order chi connectivity index (χ0) is 11.5. The molecule has 0 atom stereocenters. The van der Waals surface area contributed by atoms with E-state index in [9.17, 15) is 0 Å². The van der Waals surface area contributed by atoms with Crippen molar-refractivity contribution in [1.29, 1.82) is 0 Å². The number of pyridine rings is 1. The molecule has 0 aliphatic carbocycles. The van der Waals surface area contributed by atoms with Gasteiger partial charge < -0.3 is 5.73 Å². The fourth-order valence-electron chi connectivity index (χ4n) is 1.71. The second kappa shape index (κ2) is 4.78. The minimum atomic E-state index is 0.784. The van der Waals surface area contributed by atoms with Crippen molar-refractivity contribution in [3.8, 4) is 0 Å². The van der Waals surface area contributed by atoms with E-state index in [1.165, 1.54) is 5.56 Å². The van der Waals surface area contributed by atoms with Gasteiger partial charge in [0.25, 0.3) is 0 Å². The van der Waals surface area contributed by atoms with Gasteiger partial charge in [0.2, 0.25) is 0 Å². The molecule has 0 unspecified atom stereocenters. The molecule has 0 aliphatic rings. The quantitative estimate of drug-likeness (QED) is 0.828. The van der Waals surface area contributed by atoms with Crippen LogP contribution in [0.1, 0.15) is 18.2 Å². The van der Waals surface area contributed by atoms with Gasteiger partial charge in [0.15, 0.2) is 0 Å². The van der Waals surface area contributed by atoms with Gasteiger partial charge in [-0.05, 0) is 36.1 Å². The number of nitrogen functional groups attached to an aromatic ring is 1. The molecular formula is C12H17N3S. The average molecular weight is 235 g/mol. The lowest BCUT2D eigenvalue weighted by molar-refractivity contribution is 1.09. The molecule has 16 heavy (non-hydrogen) atoms. The zero-order valence-corrected chi connectivity index (χ0v) is 10.5. The molecule has 0 spiro atoms. The number of imidazole rings is 1. The number of thioether (sulfide) groups is 1. The van der Waals surface area contributed by atoms with E-state index in [0.717, 1.165) is 35.1 Å². The van der Waals surface area contributed by atoms with Crippen LogP contribution < -0.4 is 5.73 Å². The number of aryl methyl sites for hydroxylation is 2. The van der Waals surface area contributed by atoms with Crippen LogP contribution in [0.2, 0.25) is 0 Å². The molecule has 0 fully saturated rings. The maximum absolute atomic E-state index is 6.06. The third-order valence-electron chi connectivity index (χ3n) is 2.58. The summed E-state index contributed by atoms with van der Waals surface area (Å²) < 4.78 is 1.96. The summed E-state index contributed by atoms with van der Waals surface area (Å²) in [4.78, 5) is 4.57. The number of hydrogen-bond acceptors (Lipinski definition) is 3. The van der Waals surface area contributed by atoms with Crippen LogP contribution in [0.5, 0.6) is 0 Å². The van der Waals surface area contributed by atoms with Crippen molar-refractivity contribution < 1.29 is 0 Å². The summed E-state index contributed by atoms with van der Waals surface area (Å²) in [6.07, 6.45) is 2.94. The van der Waals surface area contributed by atoms with Gasteiger partial charge in [0, 0.05) is 12.6 Å². The predicted octanol–water partition coefficient (Wildman–Crippen LogP) is 2.52. The predicted molar refractivity (Wildman–Crippen MR) is 71.0 cm³/mol. The molecule has 2 aromatic rings. The first-order valence-corrected chi connectivity index (χ1v) is 6.68. The normalized spacial score (nSPS) is 11.1. The fraction of sp³-hybridized carbons (Fsp3) is 0.417. The summed E-state index contributed by atoms with van der Waals surface area (Å²) in [6, 6.07) is 4.11. The van der Waals surface area contributed by atoms with E-state index < -0.39 is 0 Å². The van der Waals surface area contributed by atoms with Crippen molar-refractivity contribution in [3.05, 3.63) is 29.6 Å². The molecule has 0 amide bonds. The molecule has 0 saturated carbocycles. The summed E-state index contributed by atoms with van der Waals surface area (Å²) in [5, 5.41) is 0. The Hall–Kier alpha value is -1.16. The first-order valence-electron chi connectivity index (χ1n) is 5.53. The minimum Gasteiger partial charge on any atom is -0.383 e. The monoisotopic (exact) mass is 235 g/mol. The van der Waals surface area contributed by atoms with Gasteiger partial charge in [-0.1, -0.05) is 6.92 Å². The van der Waals surface area contributed by atoms with Gasteiger partial charge in [-0.25, -0.2) is 4.98 Å². The van der Waals surface area contributed by atoms with Crippen molar-refractivity contribution in [2.24, 2.45) is 0 Å². The van der Waals surface area contributed by atoms with E-state index in [2.05, 4.69) is 31.0 Å². The Morgan fingerprint density at radius 1 is 1.50 bits per heavy atom. The zero-order valence-electron chi connectivity index (χ0n) is 9.73. The first kappa shape index (κ1) is 11.3. The molecule has 0 bridgehead atoms. The van der Waals surface area contributed by atoms with E-state index in [-0.39, 0.29) is 0 Å². The Labute approximate surface area is 100 Å². The first-order chi connectivity index (χ1) is 7.72. The lowest BCUT2D eigenvalue weighted by atomic mass is 10.3. The second-order valence-electron chi connectivity index (χ2n) is 3.82. The van der Waals surface area contributed by atoms with Crippen molar-refractivity contribution in [2.45, 2.75) is 20.3 Å². The lowest BCUT2D eigenvalue weighted by Crippen LogP contribution is -1.97. The number of nitrogens with zero attached hydrogens (tertiary/aromatic N) is 2. The molecule has 0 saturated heterocycles. The standard InChI is InChI=1S/C12H17N3S/c1-3-16-7-5-10-12(13)15-6-4-9(2)8-11(15)14-10/h4,6,8H,3,5,7,13H2,1-2H3. The van der Waals surface area contributed by atoms with Crippen molar-refractivity contribution in [1.82, 2.24) is 9.38 Å². The third kappa shape index (κ3) is 2.16. The van der Waals surface area contributed by atoms with Gasteiger partial charge >= 0.3 is 0 Å². The van der Waals surface area contributed by atoms with Gasteiger partial charge in [0.05, 0.1) is 5.69 Å². The highest BCUT2D eigenvalue weighted by Crippen LogP contribution is 2.17. The highest BCUT2D eigenvalue weighted by molar-refractivity contribution is 7.99. The second-order valence-corrected chi connectivity index (χ2v) is 5.22. The number of hydrogen-bond donors (Lipinski definition) is 1. The topological polar surface area (TPSA) is 43.3 Å². The SMILES string of the molecule is CCSCCc1nc2cc(C)ccn2c1N. The maximum Gasteiger partial charge on any atom is 0.138 e. The molecule has 2 N–H and O–H groups in total. The molecular weight excluding hydrogens is 218 g/mol. The van der Waals surface area contributed by atoms with Gasteiger partial charge in [-0.3, -0.25) is 4.40 Å². The van der Waals surface area contributed by atoms with Crippen molar-refractivity contribution >= 4 is 23.2 Å². The number of rotatable bonds is 4. The molecule has 86 valence electrons. The van der Waals surface area contributed by atoms with Crippen LogP contribution in [0.15, 0.2) is 18.3 Å². The van der Waals surface area contributed by atoms with Crippen molar-refractivity contribution in [3.63, 3.8) is 0 Å². The van der Waals surface area contributed by atoms with E-state index >= 15 is 0 Å². The fourth-order valence-corrected chi connectivity index (χ4v) is 2.34. The van der Waals surface area contributed by atoms with Crippen LogP contribution >= 0.6 is 11.8 Å². The largest absolute Gasteiger partial charge is 0.383 e. The number of fused-ring (bicyclic) bond motifs is 1. The Balaban J connectivity index is 2.29. The van der Waals surface area contributed by atoms with Crippen LogP contribution in [-0.2, 0) is 6.42 Å². The van der Waals surface area contributed by atoms with Crippen LogP contribution in [-0.4, -0.2) is 20.9 Å². The van der Waals surface area contributed by atoms with E-state index in [1.54, 1.807) is 0 Å². The Bertz CT molecular complexity index is 490. The Kier molecular flexibility index (Phi) is 3.39. The Morgan fingerprint density at radius 2 is 2.31 bits per heavy atom. The third-order valence-corrected chi connectivity index (χ3v) is 3.48. The molecule has 3 nitrogen and oxygen atoms in total. The summed E-state index contributed by atoms with van der Waals surface area (Å²) in [5.74, 6) is 3.02. The van der Waals surface area contributed by atoms with Crippen LogP contribution in [0.4, 0.5) is 5.82 Å². The summed E-state index contributed by atoms with van der Waals surface area (Å²) in [6.45, 7) is 4.23. The van der Waals surface area contributed by atoms with Gasteiger partial charge in [-0.15, -0.1) is 0 Å². The number of nitrogens with two attached hydrogens (primary N) is 1. The lowest BCUT2D eigenvalue weighted by Gasteiger charge is -1.98. The van der Waals surface area contributed by atoms with E-state index in [0.29, 0.717) is 0 Å². The van der Waals surface area contributed by atoms with Gasteiger partial charge in [0.1, 0.15) is 11.5 Å². The van der Waals surface area contributed by atoms with Crippen LogP contribution in [0.25, 0.3) is 5.65 Å². The number of aromatic nitrogens is 2.